The normalized spacial score (nSPS) is 12.8. The van der Waals surface area contributed by atoms with Gasteiger partial charge >= 0.3 is 7.25 Å². The summed E-state index contributed by atoms with van der Waals surface area (Å²) in [7, 11) is -0.611. The second kappa shape index (κ2) is 7.12. The van der Waals surface area contributed by atoms with Crippen molar-refractivity contribution in [2.24, 2.45) is 0 Å². The van der Waals surface area contributed by atoms with E-state index in [-0.39, 0.29) is 5.41 Å². The smallest absolute Gasteiger partial charge is 0.503 e. The summed E-state index contributed by atoms with van der Waals surface area (Å²) in [6.45, 7) is 10.9. The first kappa shape index (κ1) is 18.2. The van der Waals surface area contributed by atoms with Crippen LogP contribution in [0.4, 0.5) is 5.69 Å². The van der Waals surface area contributed by atoms with E-state index in [2.05, 4.69) is 39.5 Å². The van der Waals surface area contributed by atoms with Gasteiger partial charge in [-0.3, -0.25) is 0 Å². The Morgan fingerprint density at radius 2 is 1.43 bits per heavy atom. The lowest BCUT2D eigenvalue weighted by molar-refractivity contribution is 0.498. The van der Waals surface area contributed by atoms with E-state index in [1.54, 1.807) is 0 Å². The van der Waals surface area contributed by atoms with Crippen LogP contribution in [0.2, 0.25) is 0 Å². The van der Waals surface area contributed by atoms with Crippen LogP contribution in [0.5, 0.6) is 11.5 Å². The predicted molar refractivity (Wildman–Crippen MR) is 117 cm³/mol. The van der Waals surface area contributed by atoms with Crippen LogP contribution in [0.25, 0.3) is 5.70 Å². The number of fused-ring (bicyclic) bond motifs is 1. The van der Waals surface area contributed by atoms with E-state index in [4.69, 9.17) is 9.31 Å². The van der Waals surface area contributed by atoms with Gasteiger partial charge in [0.05, 0.1) is 0 Å². The molecule has 0 spiro atoms. The number of anilines is 1. The number of hydrogen-bond donors (Lipinski definition) is 0. The molecule has 0 saturated carbocycles. The van der Waals surface area contributed by atoms with E-state index in [1.165, 1.54) is 5.56 Å². The molecule has 3 nitrogen and oxygen atoms in total. The van der Waals surface area contributed by atoms with Crippen molar-refractivity contribution in [1.82, 2.24) is 0 Å². The first-order chi connectivity index (χ1) is 13.4. The number of rotatable bonds is 4. The van der Waals surface area contributed by atoms with Gasteiger partial charge in [-0.1, -0.05) is 81.9 Å². The van der Waals surface area contributed by atoms with E-state index in [9.17, 15) is 0 Å². The van der Waals surface area contributed by atoms with Crippen molar-refractivity contribution in [3.8, 4) is 11.5 Å². The Morgan fingerprint density at radius 1 is 0.821 bits per heavy atom. The van der Waals surface area contributed by atoms with Crippen LogP contribution < -0.4 is 14.1 Å². The Morgan fingerprint density at radius 3 is 2.07 bits per heavy atom. The van der Waals surface area contributed by atoms with E-state index in [0.29, 0.717) is 0 Å². The van der Waals surface area contributed by atoms with Gasteiger partial charge < -0.3 is 14.1 Å². The summed E-state index contributed by atoms with van der Waals surface area (Å²) in [5.74, 6) is 1.51. The van der Waals surface area contributed by atoms with E-state index >= 15 is 0 Å². The molecule has 1 aliphatic rings. The van der Waals surface area contributed by atoms with Gasteiger partial charge in [0.25, 0.3) is 0 Å². The zero-order valence-corrected chi connectivity index (χ0v) is 16.6. The van der Waals surface area contributed by atoms with Crippen molar-refractivity contribution in [2.75, 3.05) is 4.81 Å². The lowest BCUT2D eigenvalue weighted by Gasteiger charge is -2.27. The zero-order chi connectivity index (χ0) is 19.7. The Hall–Kier alpha value is -3.14. The third-order valence-corrected chi connectivity index (χ3v) is 4.91. The van der Waals surface area contributed by atoms with Crippen LogP contribution >= 0.6 is 0 Å². The summed E-state index contributed by atoms with van der Waals surface area (Å²) in [5, 5.41) is 0. The Balaban J connectivity index is 1.69. The van der Waals surface area contributed by atoms with Crippen molar-refractivity contribution in [1.29, 1.82) is 0 Å². The van der Waals surface area contributed by atoms with E-state index in [0.717, 1.165) is 28.4 Å². The Kier molecular flexibility index (Phi) is 4.64. The van der Waals surface area contributed by atoms with Crippen LogP contribution in [0, 0.1) is 0 Å². The van der Waals surface area contributed by atoms with Gasteiger partial charge in [0.2, 0.25) is 0 Å². The van der Waals surface area contributed by atoms with Crippen molar-refractivity contribution in [3.05, 3.63) is 96.6 Å². The highest BCUT2D eigenvalue weighted by Gasteiger charge is 2.42. The highest BCUT2D eigenvalue weighted by atomic mass is 16.6. The molecule has 140 valence electrons. The third-order valence-electron chi connectivity index (χ3n) is 4.91. The van der Waals surface area contributed by atoms with Crippen molar-refractivity contribution < 1.29 is 9.31 Å². The molecule has 0 bridgehead atoms. The molecule has 1 aliphatic heterocycles. The van der Waals surface area contributed by atoms with Gasteiger partial charge in [0.15, 0.2) is 0 Å². The molecule has 3 aromatic carbocycles. The number of para-hydroxylation sites is 1. The molecule has 0 fully saturated rings. The average Bonchev–Trinajstić information content (AvgIpc) is 3.11. The summed E-state index contributed by atoms with van der Waals surface area (Å²) in [6.07, 6.45) is 0. The van der Waals surface area contributed by atoms with Crippen LogP contribution in [0.3, 0.4) is 0 Å². The second-order valence-electron chi connectivity index (χ2n) is 7.97. The fourth-order valence-electron chi connectivity index (χ4n) is 3.27. The molecule has 0 atom stereocenters. The number of nitrogens with zero attached hydrogens (tertiary/aromatic N) is 1. The van der Waals surface area contributed by atoms with Crippen molar-refractivity contribution >= 4 is 18.6 Å². The molecule has 0 amide bonds. The van der Waals surface area contributed by atoms with Gasteiger partial charge in [-0.2, -0.15) is 0 Å². The molecule has 4 heteroatoms. The lowest BCUT2D eigenvalue weighted by Crippen LogP contribution is -2.45. The highest BCUT2D eigenvalue weighted by Crippen LogP contribution is 2.40. The van der Waals surface area contributed by atoms with Crippen LogP contribution in [-0.4, -0.2) is 7.25 Å². The molecule has 4 rings (SSSR count). The van der Waals surface area contributed by atoms with Crippen LogP contribution in [-0.2, 0) is 5.41 Å². The molecule has 0 aliphatic carbocycles. The topological polar surface area (TPSA) is 21.7 Å². The van der Waals surface area contributed by atoms with Crippen molar-refractivity contribution in [2.45, 2.75) is 26.2 Å². The van der Waals surface area contributed by atoms with Gasteiger partial charge in [-0.25, -0.2) is 0 Å². The zero-order valence-electron chi connectivity index (χ0n) is 16.6. The molecular formula is C24H24BNO2. The minimum Gasteiger partial charge on any atom is -0.503 e. The summed E-state index contributed by atoms with van der Waals surface area (Å²) in [6, 6.07) is 26.3. The highest BCUT2D eigenvalue weighted by molar-refractivity contribution is 6.55. The maximum atomic E-state index is 6.24. The summed E-state index contributed by atoms with van der Waals surface area (Å²) >= 11 is 0. The molecule has 0 aromatic heterocycles. The molecule has 3 aromatic rings. The summed E-state index contributed by atoms with van der Waals surface area (Å²) in [4.78, 5) is 1.99. The molecule has 0 N–H and O–H groups in total. The minimum atomic E-state index is -0.611. The number of hydrogen-bond acceptors (Lipinski definition) is 3. The predicted octanol–water partition coefficient (Wildman–Crippen LogP) is 5.92. The molecule has 0 saturated heterocycles. The van der Waals surface area contributed by atoms with Gasteiger partial charge in [0.1, 0.15) is 11.5 Å². The maximum Gasteiger partial charge on any atom is 0.743 e. The Bertz CT molecular complexity index is 980. The van der Waals surface area contributed by atoms with Crippen LogP contribution in [0.15, 0.2) is 85.4 Å². The summed E-state index contributed by atoms with van der Waals surface area (Å²) in [5.41, 5.74) is 4.06. The largest absolute Gasteiger partial charge is 0.743 e. The minimum absolute atomic E-state index is 0.0449. The monoisotopic (exact) mass is 369 g/mol. The Labute approximate surface area is 167 Å². The van der Waals surface area contributed by atoms with Crippen molar-refractivity contribution in [3.63, 3.8) is 0 Å². The third kappa shape index (κ3) is 3.50. The van der Waals surface area contributed by atoms with Gasteiger partial charge in [0, 0.05) is 11.4 Å². The first-order valence-corrected chi connectivity index (χ1v) is 9.50. The molecule has 28 heavy (non-hydrogen) atoms. The molecule has 0 radical (unpaired) electrons. The second-order valence-corrected chi connectivity index (χ2v) is 7.97. The van der Waals surface area contributed by atoms with Crippen LogP contribution in [0.1, 0.15) is 31.9 Å². The summed E-state index contributed by atoms with van der Waals surface area (Å²) < 4.78 is 12.4. The number of benzene rings is 3. The fourth-order valence-corrected chi connectivity index (χ4v) is 3.27. The standard InChI is InChI=1S/C24H24BNO2/c1-18(19-11-7-5-8-12-19)26(21-13-9-6-10-14-21)25-27-22-16-15-20(24(2,3)4)17-23(22)28-25/h5-17H,1H2,2-4H3. The fraction of sp³-hybridized carbons (Fsp3) is 0.167. The SMILES string of the molecule is C=C(c1ccccc1)N(B1Oc2ccc(C(C)(C)C)cc2O1)c1ccccc1. The van der Waals surface area contributed by atoms with E-state index < -0.39 is 7.25 Å². The quantitative estimate of drug-likeness (QED) is 0.533. The lowest BCUT2D eigenvalue weighted by atomic mass is 9.87. The van der Waals surface area contributed by atoms with Gasteiger partial charge in [-0.05, 0) is 40.8 Å². The van der Waals surface area contributed by atoms with E-state index in [1.807, 2.05) is 71.5 Å². The molecule has 0 unspecified atom stereocenters. The maximum absolute atomic E-state index is 6.24. The molecule has 1 heterocycles. The molecular weight excluding hydrogens is 345 g/mol. The van der Waals surface area contributed by atoms with Gasteiger partial charge in [-0.15, -0.1) is 0 Å². The average molecular weight is 369 g/mol. The first-order valence-electron chi connectivity index (χ1n) is 9.50.